The lowest BCUT2D eigenvalue weighted by molar-refractivity contribution is 0.200. The van der Waals surface area contributed by atoms with Gasteiger partial charge in [0.25, 0.3) is 0 Å². The molecule has 1 atom stereocenters. The van der Waals surface area contributed by atoms with E-state index in [0.717, 1.165) is 18.1 Å². The summed E-state index contributed by atoms with van der Waals surface area (Å²) in [5.41, 5.74) is 1.25. The second-order valence-electron chi connectivity index (χ2n) is 4.59. The van der Waals surface area contributed by atoms with Crippen molar-refractivity contribution >= 4 is 0 Å². The van der Waals surface area contributed by atoms with E-state index in [1.165, 1.54) is 24.8 Å². The number of aliphatic hydroxyl groups is 1. The molecule has 0 aliphatic carbocycles. The molecule has 1 unspecified atom stereocenters. The van der Waals surface area contributed by atoms with E-state index >= 15 is 0 Å². The molecule has 0 aliphatic heterocycles. The van der Waals surface area contributed by atoms with E-state index in [2.05, 4.69) is 19.9 Å². The maximum absolute atomic E-state index is 8.77. The number of rotatable bonds is 8. The fourth-order valence-corrected chi connectivity index (χ4v) is 1.85. The van der Waals surface area contributed by atoms with Crippen LogP contribution in [0.5, 0.6) is 5.75 Å². The Labute approximate surface area is 105 Å². The highest BCUT2D eigenvalue weighted by Crippen LogP contribution is 2.21. The van der Waals surface area contributed by atoms with E-state index in [0.29, 0.717) is 6.61 Å². The number of benzene rings is 1. The summed E-state index contributed by atoms with van der Waals surface area (Å²) in [5, 5.41) is 8.77. The Morgan fingerprint density at radius 1 is 1.29 bits per heavy atom. The molecule has 0 aromatic heterocycles. The summed E-state index contributed by atoms with van der Waals surface area (Å²) in [5.74, 6) is 1.73. The van der Waals surface area contributed by atoms with Gasteiger partial charge in [-0.25, -0.2) is 0 Å². The molecule has 0 bridgehead atoms. The quantitative estimate of drug-likeness (QED) is 0.749. The van der Waals surface area contributed by atoms with Gasteiger partial charge in [-0.1, -0.05) is 44.9 Å². The Balaban J connectivity index is 2.45. The molecule has 0 radical (unpaired) electrons. The highest BCUT2D eigenvalue weighted by Gasteiger charge is 2.04. The van der Waals surface area contributed by atoms with Gasteiger partial charge in [0.05, 0.1) is 6.61 Å². The lowest BCUT2D eigenvalue weighted by Gasteiger charge is -2.12. The molecule has 1 N–H and O–H groups in total. The second kappa shape index (κ2) is 8.13. The molecule has 0 spiro atoms. The van der Waals surface area contributed by atoms with Gasteiger partial charge in [-0.2, -0.15) is 0 Å². The summed E-state index contributed by atoms with van der Waals surface area (Å²) in [4.78, 5) is 0. The van der Waals surface area contributed by atoms with Crippen molar-refractivity contribution in [2.24, 2.45) is 5.92 Å². The summed E-state index contributed by atoms with van der Waals surface area (Å²) in [7, 11) is 0. The van der Waals surface area contributed by atoms with E-state index in [-0.39, 0.29) is 6.61 Å². The number of hydrogen-bond acceptors (Lipinski definition) is 2. The van der Waals surface area contributed by atoms with Crippen LogP contribution in [0.1, 0.15) is 38.7 Å². The predicted molar refractivity (Wildman–Crippen MR) is 71.4 cm³/mol. The van der Waals surface area contributed by atoms with E-state index in [1.807, 2.05) is 18.2 Å². The maximum atomic E-state index is 8.77. The maximum Gasteiger partial charge on any atom is 0.122 e. The molecule has 0 saturated carbocycles. The first-order valence-electron chi connectivity index (χ1n) is 6.59. The van der Waals surface area contributed by atoms with Crippen LogP contribution in [0.3, 0.4) is 0 Å². The zero-order chi connectivity index (χ0) is 12.5. The van der Waals surface area contributed by atoms with Crippen molar-refractivity contribution in [1.29, 1.82) is 0 Å². The van der Waals surface area contributed by atoms with Crippen LogP contribution >= 0.6 is 0 Å². The van der Waals surface area contributed by atoms with Crippen LogP contribution in [0.25, 0.3) is 0 Å². The van der Waals surface area contributed by atoms with E-state index < -0.39 is 0 Å². The average Bonchev–Trinajstić information content (AvgIpc) is 2.37. The summed E-state index contributed by atoms with van der Waals surface area (Å²) in [6.45, 7) is 4.99. The summed E-state index contributed by atoms with van der Waals surface area (Å²) < 4.78 is 5.52. The van der Waals surface area contributed by atoms with E-state index in [9.17, 15) is 0 Å². The van der Waals surface area contributed by atoms with E-state index in [1.54, 1.807) is 0 Å². The van der Waals surface area contributed by atoms with E-state index in [4.69, 9.17) is 9.84 Å². The van der Waals surface area contributed by atoms with Crippen molar-refractivity contribution in [3.8, 4) is 5.75 Å². The summed E-state index contributed by atoms with van der Waals surface area (Å²) in [6.07, 6.45) is 4.79. The Bertz CT molecular complexity index is 310. The zero-order valence-corrected chi connectivity index (χ0v) is 11.0. The topological polar surface area (TPSA) is 29.5 Å². The van der Waals surface area contributed by atoms with Gasteiger partial charge in [-0.15, -0.1) is 0 Å². The Morgan fingerprint density at radius 2 is 2.06 bits per heavy atom. The highest BCUT2D eigenvalue weighted by molar-refractivity contribution is 5.33. The van der Waals surface area contributed by atoms with Gasteiger partial charge >= 0.3 is 0 Å². The molecule has 17 heavy (non-hydrogen) atoms. The average molecular weight is 236 g/mol. The molecule has 1 aromatic rings. The second-order valence-corrected chi connectivity index (χ2v) is 4.59. The third kappa shape index (κ3) is 5.22. The molecule has 0 amide bonds. The first-order chi connectivity index (χ1) is 8.27. The minimum Gasteiger partial charge on any atom is -0.491 e. The van der Waals surface area contributed by atoms with Crippen molar-refractivity contribution < 1.29 is 9.84 Å². The van der Waals surface area contributed by atoms with Gasteiger partial charge < -0.3 is 9.84 Å². The van der Waals surface area contributed by atoms with Crippen LogP contribution in [0, 0.1) is 5.92 Å². The lowest BCUT2D eigenvalue weighted by Crippen LogP contribution is -2.04. The zero-order valence-electron chi connectivity index (χ0n) is 11.0. The predicted octanol–water partition coefficient (Wildman–Crippen LogP) is 3.43. The van der Waals surface area contributed by atoms with Crippen molar-refractivity contribution in [2.45, 2.75) is 39.5 Å². The lowest BCUT2D eigenvalue weighted by atomic mass is 9.99. The normalized spacial score (nSPS) is 12.4. The number of ether oxygens (including phenoxy) is 1. The van der Waals surface area contributed by atoms with Crippen LogP contribution < -0.4 is 4.74 Å². The standard InChI is InChI=1S/C15H24O2/c1-3-13(2)7-6-9-14-8-4-5-10-15(14)17-12-11-16/h4-5,8,10,13,16H,3,6-7,9,11-12H2,1-2H3. The van der Waals surface area contributed by atoms with Crippen LogP contribution in [0.15, 0.2) is 24.3 Å². The molecule has 0 aliphatic rings. The van der Waals surface area contributed by atoms with Gasteiger partial charge in [0.15, 0.2) is 0 Å². The van der Waals surface area contributed by atoms with Gasteiger partial charge in [-0.05, 0) is 30.4 Å². The fraction of sp³-hybridized carbons (Fsp3) is 0.600. The third-order valence-electron chi connectivity index (χ3n) is 3.16. The van der Waals surface area contributed by atoms with Gasteiger partial charge in [0, 0.05) is 0 Å². The Kier molecular flexibility index (Phi) is 6.71. The first kappa shape index (κ1) is 14.0. The van der Waals surface area contributed by atoms with Crippen molar-refractivity contribution in [3.63, 3.8) is 0 Å². The molecule has 96 valence electrons. The van der Waals surface area contributed by atoms with Gasteiger partial charge in [0.2, 0.25) is 0 Å². The van der Waals surface area contributed by atoms with Crippen molar-refractivity contribution in [1.82, 2.24) is 0 Å². The monoisotopic (exact) mass is 236 g/mol. The molecule has 0 fully saturated rings. The summed E-state index contributed by atoms with van der Waals surface area (Å²) in [6, 6.07) is 8.12. The first-order valence-corrected chi connectivity index (χ1v) is 6.59. The highest BCUT2D eigenvalue weighted by atomic mass is 16.5. The smallest absolute Gasteiger partial charge is 0.122 e. The molecule has 1 rings (SSSR count). The van der Waals surface area contributed by atoms with Crippen LogP contribution in [-0.2, 0) is 6.42 Å². The minimum atomic E-state index is 0.0706. The fourth-order valence-electron chi connectivity index (χ4n) is 1.85. The number of hydrogen-bond donors (Lipinski definition) is 1. The molecule has 1 aromatic carbocycles. The molecule has 0 heterocycles. The molecule has 2 nitrogen and oxygen atoms in total. The van der Waals surface area contributed by atoms with Crippen LogP contribution in [0.4, 0.5) is 0 Å². The molecule has 2 heteroatoms. The van der Waals surface area contributed by atoms with Crippen LogP contribution in [-0.4, -0.2) is 18.3 Å². The largest absolute Gasteiger partial charge is 0.491 e. The SMILES string of the molecule is CCC(C)CCCc1ccccc1OCCO. The molecular formula is C15H24O2. The van der Waals surface area contributed by atoms with Gasteiger partial charge in [-0.3, -0.25) is 0 Å². The summed E-state index contributed by atoms with van der Waals surface area (Å²) >= 11 is 0. The number of para-hydroxylation sites is 1. The molecule has 0 saturated heterocycles. The van der Waals surface area contributed by atoms with Crippen molar-refractivity contribution in [3.05, 3.63) is 29.8 Å². The Hall–Kier alpha value is -1.02. The van der Waals surface area contributed by atoms with Gasteiger partial charge in [0.1, 0.15) is 12.4 Å². The number of aryl methyl sites for hydroxylation is 1. The van der Waals surface area contributed by atoms with Crippen molar-refractivity contribution in [2.75, 3.05) is 13.2 Å². The minimum absolute atomic E-state index is 0.0706. The number of aliphatic hydroxyl groups excluding tert-OH is 1. The molecular weight excluding hydrogens is 212 g/mol. The Morgan fingerprint density at radius 3 is 2.76 bits per heavy atom. The third-order valence-corrected chi connectivity index (χ3v) is 3.16. The van der Waals surface area contributed by atoms with Crippen LogP contribution in [0.2, 0.25) is 0 Å².